The van der Waals surface area contributed by atoms with E-state index in [4.69, 9.17) is 5.73 Å². The van der Waals surface area contributed by atoms with Crippen LogP contribution >= 0.6 is 0 Å². The van der Waals surface area contributed by atoms with E-state index in [0.717, 1.165) is 37.3 Å². The summed E-state index contributed by atoms with van der Waals surface area (Å²) in [4.78, 5) is 14.6. The summed E-state index contributed by atoms with van der Waals surface area (Å²) in [6.07, 6.45) is 1.75. The number of aryl methyl sites for hydroxylation is 1. The number of carbonyl (C=O) groups excluding carboxylic acids is 1. The third kappa shape index (κ3) is 3.13. The zero-order valence-corrected chi connectivity index (χ0v) is 14.6. The Morgan fingerprint density at radius 1 is 1.17 bits per heavy atom. The van der Waals surface area contributed by atoms with Crippen molar-refractivity contribution in [2.24, 2.45) is 0 Å². The molecule has 1 amide bonds. The lowest BCUT2D eigenvalue weighted by molar-refractivity contribution is 0.0694. The fourth-order valence-electron chi connectivity index (χ4n) is 3.36. The molecule has 1 aliphatic heterocycles. The number of carbonyl (C=O) groups is 1. The van der Waals surface area contributed by atoms with Crippen molar-refractivity contribution in [1.29, 1.82) is 0 Å². The van der Waals surface area contributed by atoms with E-state index in [0.29, 0.717) is 11.9 Å². The lowest BCUT2D eigenvalue weighted by Gasteiger charge is -2.33. The Labute approximate surface area is 142 Å². The second-order valence-electron chi connectivity index (χ2n) is 6.78. The number of aromatic nitrogens is 3. The second-order valence-corrected chi connectivity index (χ2v) is 6.78. The van der Waals surface area contributed by atoms with Crippen LogP contribution in [0.4, 0.5) is 5.95 Å². The van der Waals surface area contributed by atoms with Gasteiger partial charge >= 0.3 is 0 Å². The van der Waals surface area contributed by atoms with Gasteiger partial charge in [0, 0.05) is 24.7 Å². The summed E-state index contributed by atoms with van der Waals surface area (Å²) in [6.45, 7) is 7.68. The van der Waals surface area contributed by atoms with Crippen LogP contribution in [0.15, 0.2) is 24.3 Å². The van der Waals surface area contributed by atoms with E-state index in [1.807, 2.05) is 40.7 Å². The third-order valence-electron chi connectivity index (χ3n) is 4.83. The number of anilines is 1. The Balaban J connectivity index is 1.65. The van der Waals surface area contributed by atoms with Gasteiger partial charge in [0.1, 0.15) is 5.82 Å². The van der Waals surface area contributed by atoms with Gasteiger partial charge in [-0.25, -0.2) is 0 Å². The molecule has 0 radical (unpaired) electrons. The van der Waals surface area contributed by atoms with Crippen molar-refractivity contribution < 1.29 is 4.79 Å². The molecule has 6 heteroatoms. The number of rotatable bonds is 3. The SMILES string of the molecule is Cc1nnc(N)n1C1CCN(C(=O)c2ccc(C(C)C)cc2)CC1. The van der Waals surface area contributed by atoms with E-state index in [2.05, 4.69) is 24.0 Å². The van der Waals surface area contributed by atoms with Gasteiger partial charge in [-0.2, -0.15) is 0 Å². The van der Waals surface area contributed by atoms with E-state index in [-0.39, 0.29) is 11.9 Å². The molecule has 0 aliphatic carbocycles. The first-order chi connectivity index (χ1) is 11.5. The number of nitrogens with two attached hydrogens (primary N) is 1. The van der Waals surface area contributed by atoms with Gasteiger partial charge in [-0.15, -0.1) is 10.2 Å². The summed E-state index contributed by atoms with van der Waals surface area (Å²) in [7, 11) is 0. The largest absolute Gasteiger partial charge is 0.368 e. The minimum absolute atomic E-state index is 0.109. The minimum Gasteiger partial charge on any atom is -0.368 e. The average Bonchev–Trinajstić information content (AvgIpc) is 2.93. The van der Waals surface area contributed by atoms with E-state index in [1.165, 1.54) is 5.56 Å². The molecule has 2 heterocycles. The number of benzene rings is 1. The van der Waals surface area contributed by atoms with Gasteiger partial charge < -0.3 is 10.6 Å². The zero-order valence-electron chi connectivity index (χ0n) is 14.6. The van der Waals surface area contributed by atoms with Crippen LogP contribution in [0, 0.1) is 6.92 Å². The topological polar surface area (TPSA) is 77.0 Å². The summed E-state index contributed by atoms with van der Waals surface area (Å²) in [6, 6.07) is 8.24. The molecule has 1 fully saturated rings. The number of hydrogen-bond donors (Lipinski definition) is 1. The first-order valence-corrected chi connectivity index (χ1v) is 8.53. The predicted molar refractivity (Wildman–Crippen MR) is 93.9 cm³/mol. The van der Waals surface area contributed by atoms with Crippen LogP contribution in [0.1, 0.15) is 60.4 Å². The summed E-state index contributed by atoms with van der Waals surface area (Å²) in [5, 5.41) is 7.95. The molecular formula is C18H25N5O. The van der Waals surface area contributed by atoms with Gasteiger partial charge in [-0.3, -0.25) is 9.36 Å². The molecule has 1 aromatic heterocycles. The molecule has 2 aromatic rings. The number of amides is 1. The number of hydrogen-bond acceptors (Lipinski definition) is 4. The Morgan fingerprint density at radius 2 is 1.79 bits per heavy atom. The molecule has 1 aliphatic rings. The molecule has 6 nitrogen and oxygen atoms in total. The zero-order chi connectivity index (χ0) is 17.3. The van der Waals surface area contributed by atoms with E-state index in [1.54, 1.807) is 0 Å². The summed E-state index contributed by atoms with van der Waals surface area (Å²) in [5.41, 5.74) is 7.92. The highest BCUT2D eigenvalue weighted by molar-refractivity contribution is 5.94. The fourth-order valence-corrected chi connectivity index (χ4v) is 3.36. The quantitative estimate of drug-likeness (QED) is 0.940. The van der Waals surface area contributed by atoms with Crippen molar-refractivity contribution in [1.82, 2.24) is 19.7 Å². The van der Waals surface area contributed by atoms with Crippen molar-refractivity contribution in [3.8, 4) is 0 Å². The average molecular weight is 327 g/mol. The molecule has 128 valence electrons. The van der Waals surface area contributed by atoms with Gasteiger partial charge in [-0.1, -0.05) is 26.0 Å². The summed E-state index contributed by atoms with van der Waals surface area (Å²) >= 11 is 0. The number of nitrogen functional groups attached to an aromatic ring is 1. The van der Waals surface area contributed by atoms with Crippen molar-refractivity contribution in [2.45, 2.75) is 45.6 Å². The molecule has 1 saturated heterocycles. The standard InChI is InChI=1S/C18H25N5O/c1-12(2)14-4-6-15(7-5-14)17(24)22-10-8-16(9-11-22)23-13(3)20-21-18(23)19/h4-7,12,16H,8-11H2,1-3H3,(H2,19,21). The van der Waals surface area contributed by atoms with E-state index >= 15 is 0 Å². The van der Waals surface area contributed by atoms with Crippen LogP contribution < -0.4 is 5.73 Å². The van der Waals surface area contributed by atoms with Crippen LogP contribution in [0.25, 0.3) is 0 Å². The van der Waals surface area contributed by atoms with Gasteiger partial charge in [-0.05, 0) is 43.4 Å². The number of nitrogens with zero attached hydrogens (tertiary/aromatic N) is 4. The maximum atomic E-state index is 12.7. The van der Waals surface area contributed by atoms with Gasteiger partial charge in [0.25, 0.3) is 5.91 Å². The van der Waals surface area contributed by atoms with Crippen LogP contribution in [-0.4, -0.2) is 38.7 Å². The maximum Gasteiger partial charge on any atom is 0.253 e. The Bertz CT molecular complexity index is 692. The van der Waals surface area contributed by atoms with Gasteiger partial charge in [0.05, 0.1) is 0 Å². The second kappa shape index (κ2) is 6.63. The predicted octanol–water partition coefficient (Wildman–Crippen LogP) is 2.77. The Hall–Kier alpha value is -2.37. The molecule has 24 heavy (non-hydrogen) atoms. The van der Waals surface area contributed by atoms with Crippen LogP contribution in [0.2, 0.25) is 0 Å². The number of likely N-dealkylation sites (tertiary alicyclic amines) is 1. The fraction of sp³-hybridized carbons (Fsp3) is 0.500. The highest BCUT2D eigenvalue weighted by atomic mass is 16.2. The van der Waals surface area contributed by atoms with Crippen molar-refractivity contribution in [3.63, 3.8) is 0 Å². The lowest BCUT2D eigenvalue weighted by atomic mass is 10.00. The molecular weight excluding hydrogens is 302 g/mol. The highest BCUT2D eigenvalue weighted by Crippen LogP contribution is 2.26. The van der Waals surface area contributed by atoms with Crippen LogP contribution in [-0.2, 0) is 0 Å². The first kappa shape index (κ1) is 16.5. The van der Waals surface area contributed by atoms with Crippen molar-refractivity contribution in [2.75, 3.05) is 18.8 Å². The molecule has 0 atom stereocenters. The Morgan fingerprint density at radius 3 is 2.29 bits per heavy atom. The minimum atomic E-state index is 0.109. The molecule has 0 bridgehead atoms. The summed E-state index contributed by atoms with van der Waals surface area (Å²) < 4.78 is 1.99. The molecule has 3 rings (SSSR count). The van der Waals surface area contributed by atoms with E-state index < -0.39 is 0 Å². The molecule has 0 unspecified atom stereocenters. The van der Waals surface area contributed by atoms with Crippen LogP contribution in [0.3, 0.4) is 0 Å². The van der Waals surface area contributed by atoms with Crippen molar-refractivity contribution in [3.05, 3.63) is 41.2 Å². The molecule has 0 spiro atoms. The maximum absolute atomic E-state index is 12.7. The van der Waals surface area contributed by atoms with Crippen molar-refractivity contribution >= 4 is 11.9 Å². The lowest BCUT2D eigenvalue weighted by Crippen LogP contribution is -2.39. The van der Waals surface area contributed by atoms with Crippen LogP contribution in [0.5, 0.6) is 0 Å². The first-order valence-electron chi connectivity index (χ1n) is 8.53. The third-order valence-corrected chi connectivity index (χ3v) is 4.83. The van der Waals surface area contributed by atoms with Gasteiger partial charge in [0.15, 0.2) is 0 Å². The Kier molecular flexibility index (Phi) is 4.55. The molecule has 1 aromatic carbocycles. The summed E-state index contributed by atoms with van der Waals surface area (Å²) in [5.74, 6) is 1.88. The van der Waals surface area contributed by atoms with E-state index in [9.17, 15) is 4.79 Å². The van der Waals surface area contributed by atoms with Gasteiger partial charge in [0.2, 0.25) is 5.95 Å². The monoisotopic (exact) mass is 327 g/mol. The normalized spacial score (nSPS) is 15.9. The molecule has 2 N–H and O–H groups in total. The smallest absolute Gasteiger partial charge is 0.253 e. The molecule has 0 saturated carbocycles. The number of piperidine rings is 1. The highest BCUT2D eigenvalue weighted by Gasteiger charge is 2.26.